The van der Waals surface area contributed by atoms with E-state index in [1.165, 1.54) is 0 Å². The largest absolute Gasteiger partial charge is 0.393 e. The molecule has 8 nitrogen and oxygen atoms in total. The summed E-state index contributed by atoms with van der Waals surface area (Å²) in [5, 5.41) is 57.6. The van der Waals surface area contributed by atoms with Crippen molar-refractivity contribution in [2.75, 3.05) is 19.9 Å². The normalized spacial score (nSPS) is 45.8. The molecule has 50 heavy (non-hydrogen) atoms. The molecule has 0 bridgehead atoms. The molecule has 0 aliphatic heterocycles. The molecule has 8 heteroatoms. The predicted octanol–water partition coefficient (Wildman–Crippen LogP) is 6.96. The maximum Gasteiger partial charge on any atom is 0.218 e. The van der Waals surface area contributed by atoms with Crippen LogP contribution in [-0.2, 0) is 9.47 Å². The second kappa shape index (κ2) is 14.7. The number of hydrogen-bond acceptors (Lipinski definition) is 8. The average molecular weight is 710 g/mol. The smallest absolute Gasteiger partial charge is 0.218 e. The number of rotatable bonds is 10. The summed E-state index contributed by atoms with van der Waals surface area (Å²) < 4.78 is 11.4. The molecular weight excluding hydrogens is 630 g/mol. The molecule has 5 N–H and O–H groups in total. The van der Waals surface area contributed by atoms with Gasteiger partial charge in [0.05, 0.1) is 18.3 Å². The van der Waals surface area contributed by atoms with E-state index in [1.54, 1.807) is 0 Å². The Bertz CT molecular complexity index is 1130. The molecule has 0 amide bonds. The number of hydrogen-bond donors (Lipinski definition) is 5. The fourth-order valence-electron chi connectivity index (χ4n) is 12.9. The van der Waals surface area contributed by atoms with E-state index >= 15 is 0 Å². The molecule has 0 heterocycles. The molecule has 0 saturated heterocycles. The van der Waals surface area contributed by atoms with Gasteiger partial charge in [-0.05, 0) is 102 Å². The van der Waals surface area contributed by atoms with Crippen LogP contribution in [0.25, 0.3) is 0 Å². The molecule has 4 rings (SSSR count). The Hall–Kier alpha value is -0.320. The minimum Gasteiger partial charge on any atom is -0.393 e. The Morgan fingerprint density at radius 1 is 0.880 bits per heavy atom. The van der Waals surface area contributed by atoms with Gasteiger partial charge in [-0.15, -0.1) is 0 Å². The summed E-state index contributed by atoms with van der Waals surface area (Å²) in [7, 11) is 0. The van der Waals surface area contributed by atoms with Crippen LogP contribution < -0.4 is 0 Å². The van der Waals surface area contributed by atoms with Crippen molar-refractivity contribution in [3.63, 3.8) is 0 Å². The molecular formula is C42H79NO7. The third-order valence-corrected chi connectivity index (χ3v) is 15.3. The van der Waals surface area contributed by atoms with E-state index in [2.05, 4.69) is 76.2 Å². The standard InChI is InChI=1S/C42H79NO7/c1-23(2)29-16-28(19-43(21-38(7,8)9)37(48)50-22-49-36(47)39(10,11)12)25(4)32-30(29)18-40(13)20-41(14)17-24(3)31(27(6)44)35(46)42(41,15)26(5)33(40)34(32)45/h23-37,44-48H,16-22H2,1-15H3. The second-order valence-electron chi connectivity index (χ2n) is 21.6. The highest BCUT2D eigenvalue weighted by Crippen LogP contribution is 2.73. The lowest BCUT2D eigenvalue weighted by Crippen LogP contribution is -2.71. The minimum absolute atomic E-state index is 0.0412. The van der Waals surface area contributed by atoms with Crippen LogP contribution in [0.15, 0.2) is 0 Å². The number of nitrogens with zero attached hydrogens (tertiary/aromatic N) is 1. The summed E-state index contributed by atoms with van der Waals surface area (Å²) in [4.78, 5) is 2.02. The van der Waals surface area contributed by atoms with Gasteiger partial charge in [-0.3, -0.25) is 4.90 Å². The minimum atomic E-state index is -1.18. The van der Waals surface area contributed by atoms with E-state index in [1.807, 2.05) is 32.6 Å². The fourth-order valence-corrected chi connectivity index (χ4v) is 12.9. The third kappa shape index (κ3) is 7.76. The topological polar surface area (TPSA) is 123 Å². The van der Waals surface area contributed by atoms with Crippen molar-refractivity contribution in [3.8, 4) is 0 Å². The summed E-state index contributed by atoms with van der Waals surface area (Å²) in [6, 6.07) is 0. The van der Waals surface area contributed by atoms with Crippen molar-refractivity contribution in [1.29, 1.82) is 0 Å². The van der Waals surface area contributed by atoms with Gasteiger partial charge in [-0.2, -0.15) is 0 Å². The number of ether oxygens (including phenoxy) is 2. The molecule has 4 aliphatic carbocycles. The number of fused-ring (bicyclic) bond motifs is 3. The maximum absolute atomic E-state index is 12.8. The quantitative estimate of drug-likeness (QED) is 0.154. The molecule has 4 fully saturated rings. The van der Waals surface area contributed by atoms with E-state index in [4.69, 9.17) is 9.47 Å². The maximum atomic E-state index is 12.8. The van der Waals surface area contributed by atoms with E-state index in [0.29, 0.717) is 30.8 Å². The Morgan fingerprint density at radius 2 is 1.48 bits per heavy atom. The monoisotopic (exact) mass is 710 g/mol. The Labute approximate surface area is 306 Å². The Kier molecular flexibility index (Phi) is 12.5. The zero-order valence-electron chi connectivity index (χ0n) is 34.6. The number of aliphatic hydroxyl groups is 5. The summed E-state index contributed by atoms with van der Waals surface area (Å²) in [5.41, 5.74) is -1.13. The predicted molar refractivity (Wildman–Crippen MR) is 199 cm³/mol. The van der Waals surface area contributed by atoms with Crippen LogP contribution in [0.2, 0.25) is 0 Å². The first-order chi connectivity index (χ1) is 22.7. The van der Waals surface area contributed by atoms with Gasteiger partial charge in [-0.1, -0.05) is 96.9 Å². The summed E-state index contributed by atoms with van der Waals surface area (Å²) in [6.07, 6.45) is 0.169. The van der Waals surface area contributed by atoms with Crippen molar-refractivity contribution in [1.82, 2.24) is 4.90 Å². The van der Waals surface area contributed by atoms with Gasteiger partial charge in [0.25, 0.3) is 0 Å². The van der Waals surface area contributed by atoms with Gasteiger partial charge < -0.3 is 35.0 Å². The van der Waals surface area contributed by atoms with Crippen molar-refractivity contribution >= 4 is 0 Å². The second-order valence-corrected chi connectivity index (χ2v) is 21.6. The first kappa shape index (κ1) is 42.4. The lowest BCUT2D eigenvalue weighted by molar-refractivity contribution is -0.287. The first-order valence-electron chi connectivity index (χ1n) is 20.1. The van der Waals surface area contributed by atoms with Crippen molar-refractivity contribution in [3.05, 3.63) is 0 Å². The molecule has 17 unspecified atom stereocenters. The lowest BCUT2D eigenvalue weighted by Gasteiger charge is -2.72. The van der Waals surface area contributed by atoms with Gasteiger partial charge in [0, 0.05) is 29.8 Å². The SMILES string of the molecule is CC(C)C1CC(CN(CC(C)(C)C)C(O)OCOC(O)C(C)(C)C)C(C)C2C(O)C3C(C)C4(C)C(O)C(C(C)O)C(C)CC4(C)CC3(C)CC12. The van der Waals surface area contributed by atoms with Gasteiger partial charge in [0.15, 0.2) is 13.1 Å². The van der Waals surface area contributed by atoms with E-state index in [9.17, 15) is 25.5 Å². The van der Waals surface area contributed by atoms with Gasteiger partial charge in [-0.25, -0.2) is 0 Å². The fraction of sp³-hybridized carbons (Fsp3) is 1.00. The molecule has 0 radical (unpaired) electrons. The van der Waals surface area contributed by atoms with Crippen molar-refractivity contribution in [2.24, 2.45) is 86.3 Å². The summed E-state index contributed by atoms with van der Waals surface area (Å²) in [6.45, 7) is 33.7. The van der Waals surface area contributed by atoms with Crippen LogP contribution >= 0.6 is 0 Å². The van der Waals surface area contributed by atoms with Gasteiger partial charge in [0.1, 0.15) is 0 Å². The molecule has 0 aromatic heterocycles. The Morgan fingerprint density at radius 3 is 2.00 bits per heavy atom. The van der Waals surface area contributed by atoms with E-state index in [0.717, 1.165) is 25.7 Å². The zero-order chi connectivity index (χ0) is 38.1. The highest BCUT2D eigenvalue weighted by atomic mass is 16.8. The van der Waals surface area contributed by atoms with Crippen LogP contribution in [-0.4, -0.2) is 81.3 Å². The molecule has 294 valence electrons. The highest BCUT2D eigenvalue weighted by molar-refractivity contribution is 5.19. The van der Waals surface area contributed by atoms with Crippen LogP contribution in [0.5, 0.6) is 0 Å². The van der Waals surface area contributed by atoms with Crippen LogP contribution in [0.3, 0.4) is 0 Å². The van der Waals surface area contributed by atoms with Crippen molar-refractivity contribution < 1.29 is 35.0 Å². The lowest BCUT2D eigenvalue weighted by atomic mass is 9.33. The van der Waals surface area contributed by atoms with Crippen LogP contribution in [0.4, 0.5) is 0 Å². The van der Waals surface area contributed by atoms with Crippen LogP contribution in [0, 0.1) is 86.3 Å². The van der Waals surface area contributed by atoms with E-state index in [-0.39, 0.29) is 64.5 Å². The molecule has 0 aromatic rings. The summed E-state index contributed by atoms with van der Waals surface area (Å²) in [5.74, 6) is 2.04. The number of aliphatic hydroxyl groups excluding tert-OH is 5. The molecule has 17 atom stereocenters. The first-order valence-corrected chi connectivity index (χ1v) is 20.1. The average Bonchev–Trinajstić information content (AvgIpc) is 2.93. The molecule has 4 saturated carbocycles. The molecule has 4 aliphatic rings. The summed E-state index contributed by atoms with van der Waals surface area (Å²) >= 11 is 0. The molecule has 0 spiro atoms. The Balaban J connectivity index is 1.64. The zero-order valence-corrected chi connectivity index (χ0v) is 34.6. The highest BCUT2D eigenvalue weighted by Gasteiger charge is 2.70. The third-order valence-electron chi connectivity index (χ3n) is 15.3. The van der Waals surface area contributed by atoms with Gasteiger partial charge in [0.2, 0.25) is 6.41 Å². The van der Waals surface area contributed by atoms with E-state index < -0.39 is 41.8 Å². The molecule has 0 aromatic carbocycles. The van der Waals surface area contributed by atoms with Crippen molar-refractivity contribution in [2.45, 2.75) is 161 Å². The van der Waals surface area contributed by atoms with Crippen LogP contribution in [0.1, 0.15) is 130 Å². The van der Waals surface area contributed by atoms with Gasteiger partial charge >= 0.3 is 0 Å².